The van der Waals surface area contributed by atoms with E-state index >= 15 is 0 Å². The van der Waals surface area contributed by atoms with Crippen LogP contribution < -0.4 is 4.74 Å². The maximum absolute atomic E-state index is 11.7. The molecule has 0 bridgehead atoms. The SMILES string of the molecule is COCCOc1cc2c(-c3ccc(CN(C(=O)O)C(C)(C)C)c(C)c3)ncnn2c1. The van der Waals surface area contributed by atoms with Gasteiger partial charge in [0.05, 0.1) is 24.0 Å². The van der Waals surface area contributed by atoms with Gasteiger partial charge >= 0.3 is 6.09 Å². The van der Waals surface area contributed by atoms with E-state index in [0.29, 0.717) is 25.5 Å². The van der Waals surface area contributed by atoms with Crippen molar-refractivity contribution < 1.29 is 19.4 Å². The molecule has 1 aromatic carbocycles. The Labute approximate surface area is 176 Å². The number of carboxylic acid groups (broad SMARTS) is 1. The molecular weight excluding hydrogens is 384 g/mol. The average molecular weight is 412 g/mol. The number of benzene rings is 1. The van der Waals surface area contributed by atoms with E-state index in [0.717, 1.165) is 27.9 Å². The first-order chi connectivity index (χ1) is 14.2. The molecule has 3 rings (SSSR count). The van der Waals surface area contributed by atoms with E-state index in [9.17, 15) is 9.90 Å². The Balaban J connectivity index is 1.91. The van der Waals surface area contributed by atoms with Crippen LogP contribution in [0.1, 0.15) is 31.9 Å². The molecule has 1 amide bonds. The fourth-order valence-corrected chi connectivity index (χ4v) is 3.23. The van der Waals surface area contributed by atoms with E-state index in [4.69, 9.17) is 9.47 Å². The minimum Gasteiger partial charge on any atom is -0.489 e. The number of aromatic nitrogens is 3. The normalized spacial score (nSPS) is 11.6. The third-order valence-electron chi connectivity index (χ3n) is 4.92. The number of hydrogen-bond acceptors (Lipinski definition) is 5. The van der Waals surface area contributed by atoms with E-state index in [2.05, 4.69) is 10.1 Å². The molecular formula is C22H28N4O4. The molecule has 8 heteroatoms. The van der Waals surface area contributed by atoms with Crippen molar-refractivity contribution in [3.8, 4) is 17.0 Å². The van der Waals surface area contributed by atoms with Crippen molar-refractivity contribution in [1.82, 2.24) is 19.5 Å². The number of nitrogens with zero attached hydrogens (tertiary/aromatic N) is 4. The molecule has 30 heavy (non-hydrogen) atoms. The predicted molar refractivity (Wildman–Crippen MR) is 114 cm³/mol. The van der Waals surface area contributed by atoms with E-state index in [1.165, 1.54) is 11.2 Å². The van der Waals surface area contributed by atoms with Crippen LogP contribution in [0.25, 0.3) is 16.8 Å². The highest BCUT2D eigenvalue weighted by Gasteiger charge is 2.26. The highest BCUT2D eigenvalue weighted by molar-refractivity contribution is 5.78. The Bertz CT molecular complexity index is 1040. The predicted octanol–water partition coefficient (Wildman–Crippen LogP) is 4.01. The topological polar surface area (TPSA) is 89.2 Å². The van der Waals surface area contributed by atoms with Gasteiger partial charge in [0.2, 0.25) is 0 Å². The number of hydrogen-bond donors (Lipinski definition) is 1. The fraction of sp³-hybridized carbons (Fsp3) is 0.409. The second-order valence-electron chi connectivity index (χ2n) is 8.14. The summed E-state index contributed by atoms with van der Waals surface area (Å²) in [4.78, 5) is 17.6. The van der Waals surface area contributed by atoms with Crippen molar-refractivity contribution >= 4 is 11.6 Å². The second-order valence-corrected chi connectivity index (χ2v) is 8.14. The van der Waals surface area contributed by atoms with E-state index in [1.54, 1.807) is 11.6 Å². The van der Waals surface area contributed by atoms with Crippen LogP contribution in [0.4, 0.5) is 4.79 Å². The maximum Gasteiger partial charge on any atom is 0.408 e. The number of aryl methyl sites for hydroxylation is 1. The molecule has 0 radical (unpaired) electrons. The smallest absolute Gasteiger partial charge is 0.408 e. The lowest BCUT2D eigenvalue weighted by atomic mass is 10.00. The fourth-order valence-electron chi connectivity index (χ4n) is 3.23. The second kappa shape index (κ2) is 8.71. The first kappa shape index (κ1) is 21.6. The molecule has 0 unspecified atom stereocenters. The Hall–Kier alpha value is -3.13. The summed E-state index contributed by atoms with van der Waals surface area (Å²) in [6, 6.07) is 7.86. The van der Waals surface area contributed by atoms with Gasteiger partial charge in [-0.1, -0.05) is 12.1 Å². The Morgan fingerprint density at radius 2 is 2.00 bits per heavy atom. The zero-order valence-electron chi connectivity index (χ0n) is 18.0. The van der Waals surface area contributed by atoms with Crippen LogP contribution in [0.15, 0.2) is 36.8 Å². The van der Waals surface area contributed by atoms with Crippen molar-refractivity contribution in [2.24, 2.45) is 0 Å². The van der Waals surface area contributed by atoms with Gasteiger partial charge in [-0.2, -0.15) is 5.10 Å². The molecule has 0 saturated heterocycles. The lowest BCUT2D eigenvalue weighted by Gasteiger charge is -2.33. The van der Waals surface area contributed by atoms with Crippen molar-refractivity contribution in [2.75, 3.05) is 20.3 Å². The van der Waals surface area contributed by atoms with Gasteiger partial charge < -0.3 is 14.6 Å². The third kappa shape index (κ3) is 4.71. The lowest BCUT2D eigenvalue weighted by molar-refractivity contribution is 0.0954. The first-order valence-electron chi connectivity index (χ1n) is 9.76. The van der Waals surface area contributed by atoms with Crippen LogP contribution in [0.3, 0.4) is 0 Å². The highest BCUT2D eigenvalue weighted by Crippen LogP contribution is 2.28. The molecule has 160 valence electrons. The van der Waals surface area contributed by atoms with Crippen LogP contribution >= 0.6 is 0 Å². The summed E-state index contributed by atoms with van der Waals surface area (Å²) in [7, 11) is 1.63. The minimum absolute atomic E-state index is 0.326. The molecule has 2 aromatic heterocycles. The van der Waals surface area contributed by atoms with Gasteiger partial charge in [0, 0.05) is 30.8 Å². The summed E-state index contributed by atoms with van der Waals surface area (Å²) in [6.45, 7) is 8.94. The molecule has 2 heterocycles. The zero-order valence-corrected chi connectivity index (χ0v) is 18.0. The largest absolute Gasteiger partial charge is 0.489 e. The standard InChI is InChI=1S/C22H28N4O4/c1-15-10-16(6-7-17(15)12-25(21(27)28)22(2,3)4)20-19-11-18(30-9-8-29-5)13-26(19)24-14-23-20/h6-7,10-11,13-14H,8-9,12H2,1-5H3,(H,27,28). The van der Waals surface area contributed by atoms with Gasteiger partial charge in [0.1, 0.15) is 18.7 Å². The molecule has 3 aromatic rings. The van der Waals surface area contributed by atoms with E-state index < -0.39 is 11.6 Å². The summed E-state index contributed by atoms with van der Waals surface area (Å²) in [5.74, 6) is 0.699. The van der Waals surface area contributed by atoms with Crippen LogP contribution in [-0.4, -0.2) is 56.6 Å². The molecule has 0 aliphatic carbocycles. The Morgan fingerprint density at radius 3 is 2.63 bits per heavy atom. The third-order valence-corrected chi connectivity index (χ3v) is 4.92. The van der Waals surface area contributed by atoms with Gasteiger partial charge in [-0.3, -0.25) is 4.90 Å². The molecule has 0 saturated carbocycles. The Morgan fingerprint density at radius 1 is 1.23 bits per heavy atom. The maximum atomic E-state index is 11.7. The number of carbonyl (C=O) groups is 1. The number of amides is 1. The monoisotopic (exact) mass is 412 g/mol. The van der Waals surface area contributed by atoms with Crippen molar-refractivity contribution in [3.05, 3.63) is 47.9 Å². The summed E-state index contributed by atoms with van der Waals surface area (Å²) in [6.07, 6.45) is 2.39. The zero-order chi connectivity index (χ0) is 21.9. The highest BCUT2D eigenvalue weighted by atomic mass is 16.5. The molecule has 0 atom stereocenters. The Kier molecular flexibility index (Phi) is 6.26. The first-order valence-corrected chi connectivity index (χ1v) is 9.76. The molecule has 0 spiro atoms. The van der Waals surface area contributed by atoms with Gasteiger partial charge in [-0.15, -0.1) is 0 Å². The van der Waals surface area contributed by atoms with E-state index in [1.807, 2.05) is 58.2 Å². The molecule has 0 aliphatic rings. The van der Waals surface area contributed by atoms with Crippen LogP contribution in [-0.2, 0) is 11.3 Å². The quantitative estimate of drug-likeness (QED) is 0.590. The van der Waals surface area contributed by atoms with E-state index in [-0.39, 0.29) is 0 Å². The van der Waals surface area contributed by atoms with Gasteiger partial charge in [-0.25, -0.2) is 14.3 Å². The molecule has 8 nitrogen and oxygen atoms in total. The number of methoxy groups -OCH3 is 1. The number of fused-ring (bicyclic) bond motifs is 1. The summed E-state index contributed by atoms with van der Waals surface area (Å²) >= 11 is 0. The van der Waals surface area contributed by atoms with Crippen molar-refractivity contribution in [3.63, 3.8) is 0 Å². The van der Waals surface area contributed by atoms with Crippen LogP contribution in [0.5, 0.6) is 5.75 Å². The van der Waals surface area contributed by atoms with Gasteiger partial charge in [0.15, 0.2) is 0 Å². The van der Waals surface area contributed by atoms with Crippen LogP contribution in [0.2, 0.25) is 0 Å². The average Bonchev–Trinajstić information content (AvgIpc) is 3.08. The molecule has 0 fully saturated rings. The number of rotatable bonds is 7. The lowest BCUT2D eigenvalue weighted by Crippen LogP contribution is -2.44. The summed E-state index contributed by atoms with van der Waals surface area (Å²) in [5, 5.41) is 13.8. The molecule has 1 N–H and O–H groups in total. The summed E-state index contributed by atoms with van der Waals surface area (Å²) < 4.78 is 12.4. The van der Waals surface area contributed by atoms with Crippen molar-refractivity contribution in [2.45, 2.75) is 39.8 Å². The van der Waals surface area contributed by atoms with Crippen LogP contribution in [0, 0.1) is 6.92 Å². The molecule has 0 aliphatic heterocycles. The van der Waals surface area contributed by atoms with Gasteiger partial charge in [0.25, 0.3) is 0 Å². The summed E-state index contributed by atoms with van der Waals surface area (Å²) in [5.41, 5.74) is 4.03. The number of ether oxygens (including phenoxy) is 2. The van der Waals surface area contributed by atoms with Gasteiger partial charge in [-0.05, 0) is 44.9 Å². The van der Waals surface area contributed by atoms with Crippen molar-refractivity contribution in [1.29, 1.82) is 0 Å². The minimum atomic E-state index is -0.933.